The number of carbonyl (C=O) groups excluding carboxylic acids is 1. The van der Waals surface area contributed by atoms with Gasteiger partial charge in [0.2, 0.25) is 0 Å². The maximum atomic E-state index is 14.0. The summed E-state index contributed by atoms with van der Waals surface area (Å²) in [7, 11) is 1.37. The zero-order valence-electron chi connectivity index (χ0n) is 21.7. The molecule has 1 aromatic carbocycles. The highest BCUT2D eigenvalue weighted by atomic mass is 19.1. The first-order valence-corrected chi connectivity index (χ1v) is 12.7. The fraction of sp³-hybridized carbons (Fsp3) is 0.481. The maximum absolute atomic E-state index is 14.0. The number of methoxy groups -OCH3 is 1. The van der Waals surface area contributed by atoms with E-state index in [2.05, 4.69) is 15.0 Å². The highest BCUT2D eigenvalue weighted by Gasteiger charge is 2.21. The van der Waals surface area contributed by atoms with Crippen LogP contribution in [-0.2, 0) is 22.5 Å². The summed E-state index contributed by atoms with van der Waals surface area (Å²) in [6.45, 7) is 8.17. The summed E-state index contributed by atoms with van der Waals surface area (Å²) in [4.78, 5) is 32.9. The predicted octanol–water partition coefficient (Wildman–Crippen LogP) is 3.12. The molecule has 0 radical (unpaired) electrons. The number of halogens is 1. The molecule has 9 nitrogen and oxygen atoms in total. The van der Waals surface area contributed by atoms with E-state index in [1.165, 1.54) is 34.6 Å². The van der Waals surface area contributed by atoms with Crippen molar-refractivity contribution in [2.24, 2.45) is 5.92 Å². The lowest BCUT2D eigenvalue weighted by molar-refractivity contribution is -0.120. The van der Waals surface area contributed by atoms with E-state index in [0.29, 0.717) is 17.8 Å². The van der Waals surface area contributed by atoms with Gasteiger partial charge >= 0.3 is 5.69 Å². The van der Waals surface area contributed by atoms with E-state index < -0.39 is 11.5 Å². The third-order valence-electron chi connectivity index (χ3n) is 6.30. The van der Waals surface area contributed by atoms with Gasteiger partial charge in [-0.1, -0.05) is 19.9 Å². The van der Waals surface area contributed by atoms with Gasteiger partial charge in [0.05, 0.1) is 20.3 Å². The van der Waals surface area contributed by atoms with Crippen molar-refractivity contribution in [3.05, 3.63) is 58.4 Å². The molecule has 0 N–H and O–H groups in total. The van der Waals surface area contributed by atoms with E-state index in [9.17, 15) is 14.0 Å². The molecule has 2 aromatic heterocycles. The monoisotopic (exact) mass is 511 g/mol. The van der Waals surface area contributed by atoms with Crippen LogP contribution in [0.3, 0.4) is 0 Å². The van der Waals surface area contributed by atoms with Crippen LogP contribution in [0.1, 0.15) is 32.3 Å². The topological polar surface area (TPSA) is 91.5 Å². The SMILES string of the molecule is COc1cc(-c2nn(-c3ccc(CCN4CCCOCC4)cn3)c(=O)n2CC(=O)CC(C)C)ccc1F. The molecule has 3 aromatic rings. The number of ketones is 1. The number of ether oxygens (including phenoxy) is 2. The largest absolute Gasteiger partial charge is 0.494 e. The van der Waals surface area contributed by atoms with Crippen molar-refractivity contribution in [2.45, 2.75) is 39.7 Å². The van der Waals surface area contributed by atoms with Crippen molar-refractivity contribution < 1.29 is 18.7 Å². The number of hydrogen-bond acceptors (Lipinski definition) is 7. The Labute approximate surface area is 215 Å². The van der Waals surface area contributed by atoms with Crippen molar-refractivity contribution in [1.29, 1.82) is 0 Å². The van der Waals surface area contributed by atoms with Crippen LogP contribution in [0.25, 0.3) is 17.2 Å². The van der Waals surface area contributed by atoms with Crippen LogP contribution in [0.2, 0.25) is 0 Å². The number of Topliss-reactive ketones (excluding diaryl/α,β-unsaturated/α-hetero) is 1. The van der Waals surface area contributed by atoms with Crippen molar-refractivity contribution in [3.63, 3.8) is 0 Å². The molecule has 0 atom stereocenters. The van der Waals surface area contributed by atoms with Gasteiger partial charge in [-0.2, -0.15) is 4.68 Å². The van der Waals surface area contributed by atoms with Gasteiger partial charge in [0, 0.05) is 44.4 Å². The van der Waals surface area contributed by atoms with E-state index in [4.69, 9.17) is 9.47 Å². The van der Waals surface area contributed by atoms with Crippen LogP contribution >= 0.6 is 0 Å². The van der Waals surface area contributed by atoms with Crippen LogP contribution in [0.4, 0.5) is 4.39 Å². The van der Waals surface area contributed by atoms with Crippen LogP contribution in [0.5, 0.6) is 5.75 Å². The predicted molar refractivity (Wildman–Crippen MR) is 138 cm³/mol. The normalized spacial score (nSPS) is 14.6. The fourth-order valence-corrected chi connectivity index (χ4v) is 4.40. The smallest absolute Gasteiger partial charge is 0.352 e. The molecule has 1 aliphatic rings. The van der Waals surface area contributed by atoms with Crippen molar-refractivity contribution >= 4 is 5.78 Å². The Kier molecular flexibility index (Phi) is 8.83. The molecule has 3 heterocycles. The zero-order valence-corrected chi connectivity index (χ0v) is 21.7. The Morgan fingerprint density at radius 2 is 2.03 bits per heavy atom. The van der Waals surface area contributed by atoms with Crippen molar-refractivity contribution in [3.8, 4) is 23.0 Å². The number of hydrogen-bond donors (Lipinski definition) is 0. The summed E-state index contributed by atoms with van der Waals surface area (Å²) in [6, 6.07) is 7.92. The van der Waals surface area contributed by atoms with Gasteiger partial charge in [-0.05, 0) is 48.6 Å². The van der Waals surface area contributed by atoms with Gasteiger partial charge in [0.25, 0.3) is 0 Å². The molecule has 10 heteroatoms. The fourth-order valence-electron chi connectivity index (χ4n) is 4.40. The number of pyridine rings is 1. The van der Waals surface area contributed by atoms with E-state index in [-0.39, 0.29) is 29.8 Å². The molecular formula is C27H34FN5O4. The molecule has 1 saturated heterocycles. The van der Waals surface area contributed by atoms with Gasteiger partial charge in [-0.25, -0.2) is 14.2 Å². The first-order valence-electron chi connectivity index (χ1n) is 12.7. The Morgan fingerprint density at radius 3 is 2.76 bits per heavy atom. The van der Waals surface area contributed by atoms with Crippen LogP contribution in [0.15, 0.2) is 41.3 Å². The molecule has 0 bridgehead atoms. The molecule has 198 valence electrons. The summed E-state index contributed by atoms with van der Waals surface area (Å²) in [5.74, 6) is 0.160. The summed E-state index contributed by atoms with van der Waals surface area (Å²) < 4.78 is 27.2. The number of benzene rings is 1. The molecule has 0 spiro atoms. The highest BCUT2D eigenvalue weighted by Crippen LogP contribution is 2.25. The second-order valence-electron chi connectivity index (χ2n) is 9.67. The first kappa shape index (κ1) is 26.7. The van der Waals surface area contributed by atoms with E-state index in [0.717, 1.165) is 51.3 Å². The van der Waals surface area contributed by atoms with Gasteiger partial charge in [0.15, 0.2) is 29.0 Å². The van der Waals surface area contributed by atoms with Crippen LogP contribution < -0.4 is 10.4 Å². The summed E-state index contributed by atoms with van der Waals surface area (Å²) in [5.41, 5.74) is 1.03. The average Bonchev–Trinajstić information content (AvgIpc) is 3.03. The van der Waals surface area contributed by atoms with E-state index in [1.54, 1.807) is 12.3 Å². The number of rotatable bonds is 10. The molecular weight excluding hydrogens is 477 g/mol. The minimum Gasteiger partial charge on any atom is -0.494 e. The first-order chi connectivity index (χ1) is 17.9. The van der Waals surface area contributed by atoms with Gasteiger partial charge in [0.1, 0.15) is 0 Å². The molecule has 4 rings (SSSR count). The molecule has 0 aliphatic carbocycles. The highest BCUT2D eigenvalue weighted by molar-refractivity contribution is 5.79. The minimum atomic E-state index is -0.527. The van der Waals surface area contributed by atoms with Crippen molar-refractivity contribution in [1.82, 2.24) is 24.2 Å². The van der Waals surface area contributed by atoms with E-state index >= 15 is 0 Å². The number of nitrogens with zero attached hydrogens (tertiary/aromatic N) is 5. The summed E-state index contributed by atoms with van der Waals surface area (Å²) in [5, 5.41) is 4.50. The van der Waals surface area contributed by atoms with Gasteiger partial charge in [-0.15, -0.1) is 5.10 Å². The molecule has 0 amide bonds. The average molecular weight is 512 g/mol. The molecule has 0 unspecified atom stereocenters. The second kappa shape index (κ2) is 12.2. The Bertz CT molecular complexity index is 1260. The standard InChI is InChI=1S/C27H34FN5O4/c1-19(2)15-22(34)18-32-26(21-6-7-23(28)24(16-21)36-3)30-33(27(32)35)25-8-5-20(17-29-25)9-11-31-10-4-13-37-14-12-31/h5-8,16-17,19H,4,9-15,18H2,1-3H3. The summed E-state index contributed by atoms with van der Waals surface area (Å²) in [6.07, 6.45) is 3.95. The molecule has 1 aliphatic heterocycles. The zero-order chi connectivity index (χ0) is 26.4. The van der Waals surface area contributed by atoms with Crippen LogP contribution in [0, 0.1) is 11.7 Å². The summed E-state index contributed by atoms with van der Waals surface area (Å²) >= 11 is 0. The lowest BCUT2D eigenvalue weighted by atomic mass is 10.1. The van der Waals surface area contributed by atoms with Crippen molar-refractivity contribution in [2.75, 3.05) is 40.0 Å². The van der Waals surface area contributed by atoms with E-state index in [1.807, 2.05) is 19.9 Å². The third kappa shape index (κ3) is 6.69. The Hall–Kier alpha value is -3.37. The van der Waals surface area contributed by atoms with Gasteiger partial charge < -0.3 is 14.4 Å². The number of carbonyl (C=O) groups is 1. The second-order valence-corrected chi connectivity index (χ2v) is 9.67. The van der Waals surface area contributed by atoms with Crippen LogP contribution in [-0.4, -0.2) is 70.0 Å². The lowest BCUT2D eigenvalue weighted by Crippen LogP contribution is -2.29. The molecule has 37 heavy (non-hydrogen) atoms. The van der Waals surface area contributed by atoms with Gasteiger partial charge in [-0.3, -0.25) is 9.36 Å². The third-order valence-corrected chi connectivity index (χ3v) is 6.30. The Balaban J connectivity index is 1.61. The lowest BCUT2D eigenvalue weighted by Gasteiger charge is -2.18. The Morgan fingerprint density at radius 1 is 1.19 bits per heavy atom. The molecule has 1 fully saturated rings. The molecule has 0 saturated carbocycles. The maximum Gasteiger partial charge on any atom is 0.352 e. The minimum absolute atomic E-state index is 0.0259. The number of aromatic nitrogens is 4. The quantitative estimate of drug-likeness (QED) is 0.413.